The highest BCUT2D eigenvalue weighted by Gasteiger charge is 2.31. The first-order valence-corrected chi connectivity index (χ1v) is 10.7. The lowest BCUT2D eigenvalue weighted by molar-refractivity contribution is 0.214. The molecule has 1 unspecified atom stereocenters. The van der Waals surface area contributed by atoms with Gasteiger partial charge in [-0.1, -0.05) is 30.3 Å². The lowest BCUT2D eigenvalue weighted by Gasteiger charge is -2.23. The van der Waals surface area contributed by atoms with E-state index < -0.39 is 10.8 Å². The number of amides is 2. The Labute approximate surface area is 163 Å². The van der Waals surface area contributed by atoms with Gasteiger partial charge in [0, 0.05) is 52.1 Å². The maximum Gasteiger partial charge on any atom is 0.323 e. The third-order valence-corrected chi connectivity index (χ3v) is 6.95. The second-order valence-electron chi connectivity index (χ2n) is 7.80. The second-order valence-corrected chi connectivity index (χ2v) is 10.0. The summed E-state index contributed by atoms with van der Waals surface area (Å²) in [6.45, 7) is 9.19. The maximum atomic E-state index is 12.8. The van der Waals surface area contributed by atoms with Gasteiger partial charge < -0.3 is 4.90 Å². The minimum Gasteiger partial charge on any atom is -0.324 e. The number of carbonyl (C=O) groups excluding carboxylic acids is 1. The fourth-order valence-electron chi connectivity index (χ4n) is 3.12. The number of rotatable bonds is 3. The molecule has 1 fully saturated rings. The van der Waals surface area contributed by atoms with E-state index in [2.05, 4.69) is 10.4 Å². The zero-order chi connectivity index (χ0) is 19.6. The van der Waals surface area contributed by atoms with Gasteiger partial charge in [0.05, 0.1) is 5.69 Å². The highest BCUT2D eigenvalue weighted by molar-refractivity contribution is 7.86. The molecule has 2 aromatic rings. The van der Waals surface area contributed by atoms with Crippen LogP contribution in [0, 0.1) is 0 Å². The molecule has 2 amide bonds. The van der Waals surface area contributed by atoms with Crippen molar-refractivity contribution in [3.63, 3.8) is 0 Å². The third kappa shape index (κ3) is 4.40. The minimum absolute atomic E-state index is 0.119. The molecule has 1 aromatic heterocycles. The van der Waals surface area contributed by atoms with Crippen LogP contribution in [0.25, 0.3) is 11.3 Å². The summed E-state index contributed by atoms with van der Waals surface area (Å²) >= 11 is 0. The topological polar surface area (TPSA) is 67.2 Å². The zero-order valence-electron chi connectivity index (χ0n) is 16.4. The summed E-state index contributed by atoms with van der Waals surface area (Å²) in [5.74, 6) is 1.19. The smallest absolute Gasteiger partial charge is 0.323 e. The number of hydrogen-bond acceptors (Lipinski definition) is 3. The number of anilines is 1. The van der Waals surface area contributed by atoms with Crippen molar-refractivity contribution in [3.8, 4) is 11.3 Å². The average molecular weight is 389 g/mol. The van der Waals surface area contributed by atoms with Crippen LogP contribution in [-0.4, -0.2) is 48.5 Å². The Morgan fingerprint density at radius 1 is 1.22 bits per heavy atom. The van der Waals surface area contributed by atoms with Crippen molar-refractivity contribution in [1.29, 1.82) is 0 Å². The standard InChI is InChI=1S/C20H28N4O2S/c1-15(2)24-18(14-17(22-24)16-8-6-5-7-9-16)21-19(25)23-11-10-20(3,4)27(26)13-12-23/h5-9,14-15H,10-13H2,1-4H3,(H,21,25). The number of hydrogen-bond donors (Lipinski definition) is 1. The van der Waals surface area contributed by atoms with Gasteiger partial charge in [-0.25, -0.2) is 9.48 Å². The van der Waals surface area contributed by atoms with E-state index >= 15 is 0 Å². The first kappa shape index (κ1) is 19.6. The van der Waals surface area contributed by atoms with E-state index in [0.29, 0.717) is 24.7 Å². The fraction of sp³-hybridized carbons (Fsp3) is 0.500. The third-order valence-electron chi connectivity index (χ3n) is 4.96. The van der Waals surface area contributed by atoms with Gasteiger partial charge in [-0.05, 0) is 34.1 Å². The predicted octanol–water partition coefficient (Wildman–Crippen LogP) is 3.90. The van der Waals surface area contributed by atoms with Crippen molar-refractivity contribution < 1.29 is 9.00 Å². The molecule has 1 aromatic carbocycles. The first-order chi connectivity index (χ1) is 12.8. The quantitative estimate of drug-likeness (QED) is 0.867. The number of aromatic nitrogens is 2. The monoisotopic (exact) mass is 388 g/mol. The normalized spacial score (nSPS) is 19.7. The lowest BCUT2D eigenvalue weighted by atomic mass is 10.1. The first-order valence-electron chi connectivity index (χ1n) is 9.37. The van der Waals surface area contributed by atoms with Crippen LogP contribution in [0.15, 0.2) is 36.4 Å². The Hall–Kier alpha value is -2.15. The summed E-state index contributed by atoms with van der Waals surface area (Å²) in [6, 6.07) is 11.8. The predicted molar refractivity (Wildman–Crippen MR) is 110 cm³/mol. The lowest BCUT2D eigenvalue weighted by Crippen LogP contribution is -2.37. The van der Waals surface area contributed by atoms with Crippen LogP contribution in [0.4, 0.5) is 10.6 Å². The van der Waals surface area contributed by atoms with E-state index in [1.165, 1.54) is 0 Å². The minimum atomic E-state index is -0.923. The Bertz CT molecular complexity index is 830. The largest absolute Gasteiger partial charge is 0.324 e. The van der Waals surface area contributed by atoms with Crippen molar-refractivity contribution in [1.82, 2.24) is 14.7 Å². The summed E-state index contributed by atoms with van der Waals surface area (Å²) in [6.07, 6.45) is 0.728. The maximum absolute atomic E-state index is 12.8. The fourth-order valence-corrected chi connectivity index (χ4v) is 4.38. The van der Waals surface area contributed by atoms with Gasteiger partial charge in [-0.15, -0.1) is 0 Å². The van der Waals surface area contributed by atoms with Gasteiger partial charge in [0.15, 0.2) is 0 Å². The molecule has 0 spiro atoms. The van der Waals surface area contributed by atoms with Gasteiger partial charge in [0.25, 0.3) is 0 Å². The molecule has 1 N–H and O–H groups in total. The van der Waals surface area contributed by atoms with Crippen LogP contribution in [0.3, 0.4) is 0 Å². The van der Waals surface area contributed by atoms with Crippen molar-refractivity contribution >= 4 is 22.6 Å². The molecule has 146 valence electrons. The summed E-state index contributed by atoms with van der Waals surface area (Å²) in [4.78, 5) is 14.6. The Morgan fingerprint density at radius 3 is 2.59 bits per heavy atom. The second kappa shape index (κ2) is 7.84. The SMILES string of the molecule is CC(C)n1nc(-c2ccccc2)cc1NC(=O)N1CCS(=O)C(C)(C)CC1. The molecule has 1 saturated heterocycles. The highest BCUT2D eigenvalue weighted by Crippen LogP contribution is 2.26. The average Bonchev–Trinajstić information content (AvgIpc) is 3.00. The van der Waals surface area contributed by atoms with Gasteiger partial charge in [0.2, 0.25) is 0 Å². The molecular weight excluding hydrogens is 360 g/mol. The van der Waals surface area contributed by atoms with E-state index in [1.807, 2.05) is 68.8 Å². The van der Waals surface area contributed by atoms with E-state index in [4.69, 9.17) is 0 Å². The molecule has 3 rings (SSSR count). The summed E-state index contributed by atoms with van der Waals surface area (Å²) in [5.41, 5.74) is 1.84. The Balaban J connectivity index is 1.79. The van der Waals surface area contributed by atoms with Crippen molar-refractivity contribution in [2.24, 2.45) is 0 Å². The Kier molecular flexibility index (Phi) is 5.69. The molecule has 27 heavy (non-hydrogen) atoms. The molecule has 2 heterocycles. The summed E-state index contributed by atoms with van der Waals surface area (Å²) < 4.78 is 13.9. The molecule has 0 radical (unpaired) electrons. The summed E-state index contributed by atoms with van der Waals surface area (Å²) in [5, 5.41) is 7.68. The van der Waals surface area contributed by atoms with E-state index in [-0.39, 0.29) is 16.8 Å². The van der Waals surface area contributed by atoms with Crippen LogP contribution in [0.1, 0.15) is 40.2 Å². The van der Waals surface area contributed by atoms with E-state index in [1.54, 1.807) is 4.90 Å². The van der Waals surface area contributed by atoms with Crippen LogP contribution in [-0.2, 0) is 10.8 Å². The Morgan fingerprint density at radius 2 is 1.93 bits per heavy atom. The molecule has 1 aliphatic heterocycles. The number of urea groups is 1. The molecular formula is C20H28N4O2S. The molecule has 0 saturated carbocycles. The molecule has 1 atom stereocenters. The number of carbonyl (C=O) groups is 1. The van der Waals surface area contributed by atoms with Crippen LogP contribution in [0.5, 0.6) is 0 Å². The van der Waals surface area contributed by atoms with Gasteiger partial charge >= 0.3 is 6.03 Å². The van der Waals surface area contributed by atoms with Gasteiger partial charge in [-0.3, -0.25) is 9.53 Å². The van der Waals surface area contributed by atoms with Crippen molar-refractivity contribution in [3.05, 3.63) is 36.4 Å². The van der Waals surface area contributed by atoms with Gasteiger partial charge in [0.1, 0.15) is 5.82 Å². The van der Waals surface area contributed by atoms with Crippen molar-refractivity contribution in [2.45, 2.75) is 44.9 Å². The van der Waals surface area contributed by atoms with Crippen molar-refractivity contribution in [2.75, 3.05) is 24.2 Å². The number of benzene rings is 1. The van der Waals surface area contributed by atoms with Gasteiger partial charge in [-0.2, -0.15) is 5.10 Å². The zero-order valence-corrected chi connectivity index (χ0v) is 17.3. The van der Waals surface area contributed by atoms with Crippen LogP contribution < -0.4 is 5.32 Å². The van der Waals surface area contributed by atoms with E-state index in [9.17, 15) is 9.00 Å². The summed E-state index contributed by atoms with van der Waals surface area (Å²) in [7, 11) is -0.923. The number of nitrogens with zero attached hydrogens (tertiary/aromatic N) is 3. The molecule has 1 aliphatic rings. The van der Waals surface area contributed by atoms with E-state index in [0.717, 1.165) is 17.7 Å². The number of nitrogens with one attached hydrogen (secondary N) is 1. The highest BCUT2D eigenvalue weighted by atomic mass is 32.2. The molecule has 0 bridgehead atoms. The van der Waals surface area contributed by atoms with Crippen LogP contribution >= 0.6 is 0 Å². The molecule has 0 aliphatic carbocycles. The molecule has 7 heteroatoms. The molecule has 6 nitrogen and oxygen atoms in total. The van der Waals surface area contributed by atoms with Crippen LogP contribution in [0.2, 0.25) is 0 Å².